The Labute approximate surface area is 326 Å². The lowest BCUT2D eigenvalue weighted by Gasteiger charge is -2.37. The van der Waals surface area contributed by atoms with Gasteiger partial charge in [-0.05, 0) is 47.9 Å². The summed E-state index contributed by atoms with van der Waals surface area (Å²) in [4.78, 5) is 28.1. The number of ether oxygens (including phenoxy) is 4. The van der Waals surface area contributed by atoms with Crippen LogP contribution < -0.4 is 14.8 Å². The van der Waals surface area contributed by atoms with E-state index < -0.39 is 35.1 Å². The molecule has 0 saturated carbocycles. The molecule has 2 aromatic heterocycles. The number of anilines is 1. The Kier molecular flexibility index (Phi) is 10.3. The van der Waals surface area contributed by atoms with Crippen molar-refractivity contribution >= 4 is 45.7 Å². The normalized spacial score (nSPS) is 21.0. The molecule has 0 aliphatic carbocycles. The van der Waals surface area contributed by atoms with Gasteiger partial charge in [-0.3, -0.25) is 4.57 Å². The zero-order valence-corrected chi connectivity index (χ0v) is 31.9. The summed E-state index contributed by atoms with van der Waals surface area (Å²) in [6.45, 7) is 3.67. The molecule has 1 saturated heterocycles. The number of alkyl halides is 2. The molecule has 7 rings (SSSR count). The van der Waals surface area contributed by atoms with Gasteiger partial charge in [-0.2, -0.15) is 9.97 Å². The first kappa shape index (κ1) is 36.8. The third kappa shape index (κ3) is 6.31. The quantitative estimate of drug-likeness (QED) is 0.0430. The molecular weight excluding hydrogens is 800 g/mol. The Bertz CT molecular complexity index is 2250. The fraction of sp³-hybridized carbons (Fsp3) is 0.238. The number of rotatable bonds is 12. The molecule has 0 unspecified atom stereocenters. The number of terminal acetylenes is 1. The van der Waals surface area contributed by atoms with Crippen LogP contribution in [0.3, 0.4) is 0 Å². The number of benzene rings is 4. The van der Waals surface area contributed by atoms with E-state index in [0.29, 0.717) is 5.75 Å². The van der Waals surface area contributed by atoms with Crippen LogP contribution in [0.5, 0.6) is 11.6 Å². The molecular formula is C42H37FIN5O5. The van der Waals surface area contributed by atoms with Crippen LogP contribution in [0.2, 0.25) is 0 Å². The summed E-state index contributed by atoms with van der Waals surface area (Å²) in [7, 11) is 1.62. The standard InChI is InChI=1S/C42H37FIN5O5/c1-5-40(53-37(50)29-16-10-7-11-17-29)28(3)41(43,26-44)54-38(40)49-27-45-34-35(49)46-39(47-36(34)52-6-2)48-42(30-18-12-8-13-19-30,31-20-14-9-15-21-31)32-22-24-33(51-4)25-23-32/h1,7-25,27-28,38H,6,26H2,2-4H3,(H,46,47,48)/t28-,38+,40+,41+/m0/s1. The highest BCUT2D eigenvalue weighted by atomic mass is 127. The molecule has 54 heavy (non-hydrogen) atoms. The van der Waals surface area contributed by atoms with Crippen LogP contribution in [-0.2, 0) is 15.0 Å². The van der Waals surface area contributed by atoms with Crippen LogP contribution in [0, 0.1) is 18.3 Å². The number of halogens is 2. The topological polar surface area (TPSA) is 110 Å². The van der Waals surface area contributed by atoms with Gasteiger partial charge in [0.15, 0.2) is 17.4 Å². The predicted octanol–water partition coefficient (Wildman–Crippen LogP) is 8.13. The molecule has 4 aromatic carbocycles. The number of imidazole rings is 1. The minimum absolute atomic E-state index is 0.0914. The number of nitrogens with one attached hydrogen (secondary N) is 1. The minimum Gasteiger partial charge on any atom is -0.497 e. The summed E-state index contributed by atoms with van der Waals surface area (Å²) in [5, 5.41) is 3.68. The molecule has 0 radical (unpaired) electrons. The molecule has 1 N–H and O–H groups in total. The largest absolute Gasteiger partial charge is 0.497 e. The van der Waals surface area contributed by atoms with E-state index in [4.69, 9.17) is 35.3 Å². The zero-order valence-electron chi connectivity index (χ0n) is 29.8. The van der Waals surface area contributed by atoms with Gasteiger partial charge in [0, 0.05) is 0 Å². The van der Waals surface area contributed by atoms with E-state index in [9.17, 15) is 4.79 Å². The predicted molar refractivity (Wildman–Crippen MR) is 211 cm³/mol. The number of aromatic nitrogens is 4. The average Bonchev–Trinajstić information content (AvgIpc) is 3.74. The number of methoxy groups -OCH3 is 1. The SMILES string of the molecule is C#C[C@]1(OC(=O)c2ccccc2)[C@H](n2cnc3c(OCC)nc(NC(c4ccccc4)(c4ccccc4)c4ccc(OC)cc4)nc32)O[C@](F)(CI)[C@H]1C. The van der Waals surface area contributed by atoms with Crippen molar-refractivity contribution in [3.05, 3.63) is 144 Å². The molecule has 1 aliphatic rings. The lowest BCUT2D eigenvalue weighted by atomic mass is 9.77. The highest BCUT2D eigenvalue weighted by molar-refractivity contribution is 14.1. The highest BCUT2D eigenvalue weighted by Gasteiger charge is 2.66. The lowest BCUT2D eigenvalue weighted by molar-refractivity contribution is -0.154. The van der Waals surface area contributed by atoms with Crippen molar-refractivity contribution in [1.82, 2.24) is 19.5 Å². The Morgan fingerprint density at radius 3 is 2.11 bits per heavy atom. The number of hydrogen-bond donors (Lipinski definition) is 1. The molecule has 0 bridgehead atoms. The van der Waals surface area contributed by atoms with Crippen molar-refractivity contribution in [3.8, 4) is 24.0 Å². The van der Waals surface area contributed by atoms with Crippen molar-refractivity contribution in [2.75, 3.05) is 23.5 Å². The molecule has 12 heteroatoms. The second-order valence-corrected chi connectivity index (χ2v) is 13.5. The first-order valence-electron chi connectivity index (χ1n) is 17.3. The van der Waals surface area contributed by atoms with Crippen LogP contribution in [0.25, 0.3) is 11.2 Å². The maximum atomic E-state index is 16.7. The molecule has 1 fully saturated rings. The summed E-state index contributed by atoms with van der Waals surface area (Å²) in [5.74, 6) is -0.430. The molecule has 274 valence electrons. The van der Waals surface area contributed by atoms with E-state index in [2.05, 4.69) is 16.2 Å². The van der Waals surface area contributed by atoms with Crippen LogP contribution >= 0.6 is 22.6 Å². The Morgan fingerprint density at radius 2 is 1.56 bits per heavy atom. The van der Waals surface area contributed by atoms with Gasteiger partial charge < -0.3 is 24.3 Å². The van der Waals surface area contributed by atoms with E-state index in [0.717, 1.165) is 16.7 Å². The summed E-state index contributed by atoms with van der Waals surface area (Å²) >= 11 is 1.91. The third-order valence-electron chi connectivity index (χ3n) is 9.80. The maximum absolute atomic E-state index is 16.7. The number of carbonyl (C=O) groups excluding carboxylic acids is 1. The molecule has 6 aromatic rings. The second kappa shape index (κ2) is 15.1. The van der Waals surface area contributed by atoms with E-state index in [1.54, 1.807) is 44.4 Å². The van der Waals surface area contributed by atoms with Crippen molar-refractivity contribution in [1.29, 1.82) is 0 Å². The summed E-state index contributed by atoms with van der Waals surface area (Å²) in [5.41, 5.74) is 0.450. The molecule has 0 spiro atoms. The second-order valence-electron chi connectivity index (χ2n) is 12.7. The van der Waals surface area contributed by atoms with Gasteiger partial charge in [-0.15, -0.1) is 6.42 Å². The van der Waals surface area contributed by atoms with Crippen LogP contribution in [0.15, 0.2) is 122 Å². The monoisotopic (exact) mass is 837 g/mol. The van der Waals surface area contributed by atoms with Crippen LogP contribution in [-0.4, -0.2) is 55.1 Å². The highest BCUT2D eigenvalue weighted by Crippen LogP contribution is 2.53. The van der Waals surface area contributed by atoms with Gasteiger partial charge in [-0.25, -0.2) is 14.2 Å². The fourth-order valence-electron chi connectivity index (χ4n) is 6.93. The zero-order chi connectivity index (χ0) is 37.9. The van der Waals surface area contributed by atoms with Crippen molar-refractivity contribution < 1.29 is 28.1 Å². The summed E-state index contributed by atoms with van der Waals surface area (Å²) in [6, 6.07) is 36.0. The Balaban J connectivity index is 1.43. The van der Waals surface area contributed by atoms with E-state index in [1.165, 1.54) is 10.9 Å². The summed E-state index contributed by atoms with van der Waals surface area (Å²) in [6.07, 6.45) is 6.27. The van der Waals surface area contributed by atoms with Crippen LogP contribution in [0.1, 0.15) is 47.1 Å². The van der Waals surface area contributed by atoms with Gasteiger partial charge in [-0.1, -0.05) is 126 Å². The Morgan fingerprint density at radius 1 is 0.963 bits per heavy atom. The molecule has 4 atom stereocenters. The number of fused-ring (bicyclic) bond motifs is 1. The van der Waals surface area contributed by atoms with Gasteiger partial charge in [0.1, 0.15) is 11.3 Å². The molecule has 3 heterocycles. The van der Waals surface area contributed by atoms with Crippen molar-refractivity contribution in [2.24, 2.45) is 5.92 Å². The number of hydrogen-bond acceptors (Lipinski definition) is 9. The van der Waals surface area contributed by atoms with E-state index in [-0.39, 0.29) is 39.6 Å². The van der Waals surface area contributed by atoms with E-state index in [1.807, 2.05) is 114 Å². The first-order chi connectivity index (χ1) is 26.2. The van der Waals surface area contributed by atoms with Crippen molar-refractivity contribution in [3.63, 3.8) is 0 Å². The average molecular weight is 838 g/mol. The summed E-state index contributed by atoms with van der Waals surface area (Å²) < 4.78 is 42.0. The van der Waals surface area contributed by atoms with Gasteiger partial charge >= 0.3 is 5.97 Å². The smallest absolute Gasteiger partial charge is 0.339 e. The van der Waals surface area contributed by atoms with Gasteiger partial charge in [0.05, 0.1) is 36.0 Å². The molecule has 0 amide bonds. The number of esters is 1. The maximum Gasteiger partial charge on any atom is 0.339 e. The third-order valence-corrected chi connectivity index (χ3v) is 10.8. The first-order valence-corrected chi connectivity index (χ1v) is 18.9. The fourth-order valence-corrected chi connectivity index (χ4v) is 7.77. The molecule has 10 nitrogen and oxygen atoms in total. The number of nitrogens with zero attached hydrogens (tertiary/aromatic N) is 4. The van der Waals surface area contributed by atoms with Gasteiger partial charge in [0.25, 0.3) is 0 Å². The lowest BCUT2D eigenvalue weighted by Crippen LogP contribution is -2.46. The molecule has 1 aliphatic heterocycles. The van der Waals surface area contributed by atoms with Crippen LogP contribution in [0.4, 0.5) is 10.3 Å². The Hall–Kier alpha value is -5.52. The van der Waals surface area contributed by atoms with Crippen molar-refractivity contribution in [2.45, 2.75) is 37.1 Å². The van der Waals surface area contributed by atoms with E-state index >= 15 is 4.39 Å². The van der Waals surface area contributed by atoms with Gasteiger partial charge in [0.2, 0.25) is 23.3 Å². The number of carbonyl (C=O) groups is 1. The minimum atomic E-state index is -2.27.